The second-order valence-electron chi connectivity index (χ2n) is 13.4. The molecular weight excluding hydrogens is 623 g/mol. The van der Waals surface area contributed by atoms with E-state index in [-0.39, 0.29) is 0 Å². The maximum atomic E-state index is 10.3. The van der Waals surface area contributed by atoms with Crippen LogP contribution in [0.5, 0.6) is 0 Å². The van der Waals surface area contributed by atoms with Gasteiger partial charge in [-0.25, -0.2) is 0 Å². The lowest BCUT2D eigenvalue weighted by molar-refractivity contribution is 0.562. The predicted octanol–water partition coefficient (Wildman–Crippen LogP) is 10.9. The van der Waals surface area contributed by atoms with Crippen LogP contribution in [0.3, 0.4) is 0 Å². The summed E-state index contributed by atoms with van der Waals surface area (Å²) >= 11 is 0. The van der Waals surface area contributed by atoms with Crippen molar-refractivity contribution >= 4 is 38.8 Å². The van der Waals surface area contributed by atoms with Crippen molar-refractivity contribution in [2.75, 3.05) is 0 Å². The SMILES string of the molecule is CC1(C#N)C=Cc2c(c3ccccc3n2-c2ccc(C#N)cc2-c2ccc(C#N)c(-c3cccc(-n4c5ccccc5c5ccccc54)c3)c2)C1. The molecule has 5 heteroatoms. The summed E-state index contributed by atoms with van der Waals surface area (Å²) in [5.74, 6) is 0. The van der Waals surface area contributed by atoms with Crippen molar-refractivity contribution in [2.24, 2.45) is 5.41 Å². The van der Waals surface area contributed by atoms with Crippen molar-refractivity contribution in [1.29, 1.82) is 15.8 Å². The molecule has 0 saturated heterocycles. The quantitative estimate of drug-likeness (QED) is 0.190. The minimum Gasteiger partial charge on any atom is -0.309 e. The highest BCUT2D eigenvalue weighted by Crippen LogP contribution is 2.42. The first-order valence-corrected chi connectivity index (χ1v) is 16.9. The first-order valence-electron chi connectivity index (χ1n) is 16.9. The number of allylic oxidation sites excluding steroid dienone is 1. The number of nitrogens with zero attached hydrogens (tertiary/aromatic N) is 5. The Kier molecular flexibility index (Phi) is 6.75. The molecule has 2 aromatic heterocycles. The van der Waals surface area contributed by atoms with Crippen molar-refractivity contribution in [3.8, 4) is 51.8 Å². The van der Waals surface area contributed by atoms with E-state index in [4.69, 9.17) is 0 Å². The average molecular weight is 652 g/mol. The fourth-order valence-corrected chi connectivity index (χ4v) is 7.81. The zero-order valence-electron chi connectivity index (χ0n) is 27.8. The molecule has 5 nitrogen and oxygen atoms in total. The number of para-hydroxylation sites is 3. The molecule has 2 heterocycles. The third-order valence-corrected chi connectivity index (χ3v) is 10.2. The Hall–Kier alpha value is -7.13. The van der Waals surface area contributed by atoms with Gasteiger partial charge in [0.05, 0.1) is 57.0 Å². The van der Waals surface area contributed by atoms with E-state index in [0.717, 1.165) is 66.8 Å². The van der Waals surface area contributed by atoms with Crippen LogP contribution in [-0.2, 0) is 6.42 Å². The molecule has 238 valence electrons. The van der Waals surface area contributed by atoms with E-state index in [1.54, 1.807) is 0 Å². The minimum atomic E-state index is -0.592. The van der Waals surface area contributed by atoms with Gasteiger partial charge in [-0.2, -0.15) is 15.8 Å². The van der Waals surface area contributed by atoms with E-state index in [9.17, 15) is 15.8 Å². The molecule has 0 fully saturated rings. The summed E-state index contributed by atoms with van der Waals surface area (Å²) in [6.07, 6.45) is 4.67. The average Bonchev–Trinajstić information content (AvgIpc) is 3.70. The van der Waals surface area contributed by atoms with Gasteiger partial charge in [0.15, 0.2) is 0 Å². The van der Waals surface area contributed by atoms with Crippen LogP contribution in [0.2, 0.25) is 0 Å². The Morgan fingerprint density at radius 3 is 1.94 bits per heavy atom. The van der Waals surface area contributed by atoms with Gasteiger partial charge in [0.25, 0.3) is 0 Å². The molecule has 0 radical (unpaired) electrons. The molecule has 0 bridgehead atoms. The number of nitriles is 3. The number of hydrogen-bond acceptors (Lipinski definition) is 3. The summed E-state index contributed by atoms with van der Waals surface area (Å²) < 4.78 is 4.53. The third-order valence-electron chi connectivity index (χ3n) is 10.2. The van der Waals surface area contributed by atoms with Crippen LogP contribution >= 0.6 is 0 Å². The lowest BCUT2D eigenvalue weighted by Crippen LogP contribution is -2.18. The minimum absolute atomic E-state index is 0.547. The fraction of sp³-hybridized carbons (Fsp3) is 0.0652. The maximum Gasteiger partial charge on any atom is 0.0998 e. The third kappa shape index (κ3) is 4.67. The normalized spacial score (nSPS) is 15.0. The van der Waals surface area contributed by atoms with Gasteiger partial charge in [-0.1, -0.05) is 78.9 Å². The van der Waals surface area contributed by atoms with Gasteiger partial charge in [0.1, 0.15) is 0 Å². The molecule has 0 amide bonds. The van der Waals surface area contributed by atoms with Gasteiger partial charge >= 0.3 is 0 Å². The molecule has 0 N–H and O–H groups in total. The van der Waals surface area contributed by atoms with Crippen LogP contribution in [-0.4, -0.2) is 9.13 Å². The standard InChI is InChI=1S/C46H29N5/c1-46(29-49)22-21-45-40(26-46)37-13-4-7-16-43(37)51(45)44-20-17-30(27-47)23-39(44)32-18-19-33(28-48)38(25-32)31-9-8-10-34(24-31)50-41-14-5-2-11-35(41)36-12-3-6-15-42(36)50/h2-25H,26H2,1H3. The number of hydrogen-bond donors (Lipinski definition) is 0. The Balaban J connectivity index is 1.25. The van der Waals surface area contributed by atoms with Gasteiger partial charge in [-0.05, 0) is 96.8 Å². The molecule has 6 aromatic carbocycles. The number of aromatic nitrogens is 2. The molecule has 0 spiro atoms. The summed E-state index contributed by atoms with van der Waals surface area (Å²) in [4.78, 5) is 0. The lowest BCUT2D eigenvalue weighted by atomic mass is 9.80. The van der Waals surface area contributed by atoms with Gasteiger partial charge in [0, 0.05) is 38.7 Å². The molecule has 51 heavy (non-hydrogen) atoms. The van der Waals surface area contributed by atoms with Crippen LogP contribution in [0.4, 0.5) is 0 Å². The molecule has 1 aliphatic rings. The molecule has 0 saturated carbocycles. The van der Waals surface area contributed by atoms with Crippen LogP contribution in [0, 0.1) is 39.4 Å². The Bertz CT molecular complexity index is 2840. The summed E-state index contributed by atoms with van der Waals surface area (Å²) in [7, 11) is 0. The smallest absolute Gasteiger partial charge is 0.0998 e. The molecule has 1 unspecified atom stereocenters. The highest BCUT2D eigenvalue weighted by atomic mass is 15.0. The first kappa shape index (κ1) is 30.0. The largest absolute Gasteiger partial charge is 0.309 e. The summed E-state index contributed by atoms with van der Waals surface area (Å²) in [6, 6.07) is 52.5. The van der Waals surface area contributed by atoms with Gasteiger partial charge in [0.2, 0.25) is 0 Å². The van der Waals surface area contributed by atoms with Crippen LogP contribution in [0.1, 0.15) is 29.3 Å². The van der Waals surface area contributed by atoms with E-state index < -0.39 is 5.41 Å². The molecular formula is C46H29N5. The predicted molar refractivity (Wildman–Crippen MR) is 204 cm³/mol. The molecule has 8 aromatic rings. The van der Waals surface area contributed by atoms with Gasteiger partial charge in [-0.3, -0.25) is 0 Å². The molecule has 9 rings (SSSR count). The monoisotopic (exact) mass is 651 g/mol. The molecule has 1 aliphatic carbocycles. The number of fused-ring (bicyclic) bond motifs is 6. The fourth-order valence-electron chi connectivity index (χ4n) is 7.81. The van der Waals surface area contributed by atoms with Crippen molar-refractivity contribution < 1.29 is 0 Å². The Morgan fingerprint density at radius 2 is 1.25 bits per heavy atom. The van der Waals surface area contributed by atoms with E-state index in [0.29, 0.717) is 17.5 Å². The summed E-state index contributed by atoms with van der Waals surface area (Å²) in [5.41, 5.74) is 11.4. The molecule has 0 aliphatic heterocycles. The highest BCUT2D eigenvalue weighted by Gasteiger charge is 2.30. The lowest BCUT2D eigenvalue weighted by Gasteiger charge is -2.23. The van der Waals surface area contributed by atoms with Crippen LogP contribution in [0.25, 0.3) is 72.4 Å². The van der Waals surface area contributed by atoms with E-state index in [2.05, 4.69) is 118 Å². The van der Waals surface area contributed by atoms with Crippen molar-refractivity contribution in [1.82, 2.24) is 9.13 Å². The van der Waals surface area contributed by atoms with Gasteiger partial charge in [-0.15, -0.1) is 0 Å². The highest BCUT2D eigenvalue weighted by molar-refractivity contribution is 6.09. The second kappa shape index (κ2) is 11.5. The number of rotatable bonds is 4. The molecule has 1 atom stereocenters. The maximum absolute atomic E-state index is 10.3. The first-order chi connectivity index (χ1) is 25.0. The van der Waals surface area contributed by atoms with E-state index in [1.807, 2.05) is 61.5 Å². The summed E-state index contributed by atoms with van der Waals surface area (Å²) in [5, 5.41) is 33.8. The zero-order valence-corrected chi connectivity index (χ0v) is 27.8. The number of benzene rings is 6. The van der Waals surface area contributed by atoms with Crippen molar-refractivity contribution in [3.05, 3.63) is 162 Å². The van der Waals surface area contributed by atoms with Crippen molar-refractivity contribution in [3.63, 3.8) is 0 Å². The summed E-state index contributed by atoms with van der Waals surface area (Å²) in [6.45, 7) is 1.97. The van der Waals surface area contributed by atoms with Crippen molar-refractivity contribution in [2.45, 2.75) is 13.3 Å². The Labute approximate surface area is 295 Å². The zero-order chi connectivity index (χ0) is 34.7. The second-order valence-corrected chi connectivity index (χ2v) is 13.4. The van der Waals surface area contributed by atoms with E-state index in [1.165, 1.54) is 10.8 Å². The van der Waals surface area contributed by atoms with Crippen LogP contribution in [0.15, 0.2) is 140 Å². The topological polar surface area (TPSA) is 81.2 Å². The Morgan fingerprint density at radius 1 is 0.588 bits per heavy atom. The van der Waals surface area contributed by atoms with E-state index >= 15 is 0 Å². The van der Waals surface area contributed by atoms with Crippen LogP contribution < -0.4 is 0 Å². The van der Waals surface area contributed by atoms with Gasteiger partial charge < -0.3 is 9.13 Å².